The van der Waals surface area contributed by atoms with Gasteiger partial charge in [0.15, 0.2) is 24.8 Å². The number of ether oxygens (including phenoxy) is 8. The van der Waals surface area contributed by atoms with Crippen molar-refractivity contribution in [1.29, 1.82) is 0 Å². The van der Waals surface area contributed by atoms with Gasteiger partial charge in [-0.1, -0.05) is 72.3 Å². The average Bonchev–Trinajstić information content (AvgIpc) is 3.55. The van der Waals surface area contributed by atoms with Crippen LogP contribution in [-0.4, -0.2) is 204 Å². The van der Waals surface area contributed by atoms with Crippen molar-refractivity contribution >= 4 is 17.9 Å². The summed E-state index contributed by atoms with van der Waals surface area (Å²) in [5.74, 6) is -6.12. The number of aliphatic hydroxyl groups is 10. The highest BCUT2D eigenvalue weighted by molar-refractivity contribution is 5.89. The minimum absolute atomic E-state index is 0.0164. The molecule has 4 saturated carbocycles. The van der Waals surface area contributed by atoms with E-state index in [0.717, 1.165) is 5.57 Å². The fourth-order valence-electron chi connectivity index (χ4n) is 16.2. The maximum absolute atomic E-state index is 13.8. The van der Waals surface area contributed by atoms with Crippen molar-refractivity contribution in [2.45, 2.75) is 225 Å². The minimum atomic E-state index is -2.67. The second kappa shape index (κ2) is 22.2. The van der Waals surface area contributed by atoms with E-state index in [9.17, 15) is 70.6 Å². The van der Waals surface area contributed by atoms with Crippen LogP contribution in [0, 0.1) is 50.2 Å². The first-order valence-electron chi connectivity index (χ1n) is 28.0. The fourth-order valence-corrected chi connectivity index (χ4v) is 16.2. The van der Waals surface area contributed by atoms with Crippen molar-refractivity contribution in [3.63, 3.8) is 0 Å². The van der Waals surface area contributed by atoms with E-state index >= 15 is 0 Å². The Hall–Kier alpha value is -3.01. The third-order valence-corrected chi connectivity index (χ3v) is 21.3. The van der Waals surface area contributed by atoms with Gasteiger partial charge in [-0.2, -0.15) is 0 Å². The molecule has 448 valence electrons. The second-order valence-electron chi connectivity index (χ2n) is 26.1. The third kappa shape index (κ3) is 9.89. The Kier molecular flexibility index (Phi) is 17.4. The molecule has 8 aliphatic rings. The Balaban J connectivity index is 1.13. The third-order valence-electron chi connectivity index (χ3n) is 21.3. The first kappa shape index (κ1) is 62.0. The molecule has 0 aromatic rings. The Labute approximate surface area is 461 Å². The Morgan fingerprint density at radius 3 is 1.91 bits per heavy atom. The fraction of sp³-hybridized carbons (Fsp3) is 0.842. The number of carboxylic acids is 1. The molecule has 3 aliphatic heterocycles. The van der Waals surface area contributed by atoms with Crippen LogP contribution in [0.1, 0.15) is 121 Å². The first-order valence-corrected chi connectivity index (χ1v) is 28.0. The number of fused-ring (bicyclic) bond motifs is 7. The summed E-state index contributed by atoms with van der Waals surface area (Å²) in [4.78, 5) is 40.3. The molecule has 0 aromatic carbocycles. The van der Waals surface area contributed by atoms with E-state index in [2.05, 4.69) is 26.8 Å². The molecule has 22 heteroatoms. The number of carboxylic acid groups (broad SMARTS) is 1. The summed E-state index contributed by atoms with van der Waals surface area (Å²) in [5.41, 5.74) is -2.75. The van der Waals surface area contributed by atoms with Crippen LogP contribution in [0.3, 0.4) is 0 Å². The molecule has 3 saturated heterocycles. The predicted molar refractivity (Wildman–Crippen MR) is 275 cm³/mol. The minimum Gasteiger partial charge on any atom is -0.479 e. The summed E-state index contributed by atoms with van der Waals surface area (Å²) in [5, 5.41) is 122. The van der Waals surface area contributed by atoms with E-state index in [0.29, 0.717) is 49.7 Å². The summed E-state index contributed by atoms with van der Waals surface area (Å²) >= 11 is 0. The SMILES string of the molecule is CC=C(C)C(=O)OC1C(OC(=O)C(C)=CC)C2(CO)C(O)CC3(C)C(=CCC4C5(C)CCC(OC6OC(C(=O)O)C(O)C(OC7(O)COC(CO)C7O)C6OC6OC(CO)C(O)C(O)C6O)C(C)(C)C5CCC43C)C2CC1(C)C. The summed E-state index contributed by atoms with van der Waals surface area (Å²) < 4.78 is 48.9. The molecule has 0 amide bonds. The van der Waals surface area contributed by atoms with Gasteiger partial charge < -0.3 is 94.1 Å². The number of carbonyl (C=O) groups excluding carboxylic acids is 2. The van der Waals surface area contributed by atoms with Crippen molar-refractivity contribution < 1.29 is 108 Å². The Morgan fingerprint density at radius 2 is 1.34 bits per heavy atom. The molecule has 7 fully saturated rings. The number of aliphatic hydroxyl groups excluding tert-OH is 9. The lowest BCUT2D eigenvalue weighted by Crippen LogP contribution is -2.72. The van der Waals surface area contributed by atoms with Crippen molar-refractivity contribution in [2.24, 2.45) is 50.2 Å². The molecule has 24 unspecified atom stereocenters. The van der Waals surface area contributed by atoms with Crippen LogP contribution < -0.4 is 0 Å². The Bertz CT molecular complexity index is 2370. The smallest absolute Gasteiger partial charge is 0.335 e. The van der Waals surface area contributed by atoms with E-state index in [1.54, 1.807) is 39.8 Å². The monoisotopic (exact) mass is 1120 g/mol. The van der Waals surface area contributed by atoms with Gasteiger partial charge in [-0.15, -0.1) is 0 Å². The van der Waals surface area contributed by atoms with Gasteiger partial charge in [0.2, 0.25) is 5.79 Å². The Morgan fingerprint density at radius 1 is 0.722 bits per heavy atom. The van der Waals surface area contributed by atoms with E-state index in [-0.39, 0.29) is 18.3 Å². The molecule has 3 heterocycles. The lowest BCUT2D eigenvalue weighted by atomic mass is 9.33. The number of aliphatic carboxylic acids is 1. The topological polar surface area (TPSA) is 348 Å². The predicted octanol–water partition coefficient (Wildman–Crippen LogP) is 1.29. The van der Waals surface area contributed by atoms with Gasteiger partial charge in [-0.05, 0) is 112 Å². The lowest BCUT2D eigenvalue weighted by Gasteiger charge is -2.72. The number of carbonyl (C=O) groups is 3. The standard InChI is InChI=1S/C57H88O22/c1-12-26(3)47(69)77-44-45(78-48(70)27(4)13-2)56(24-60)29(20-51(44,5)6)28-14-15-33-53(9)18-17-35(52(7,8)32(53)16-19-54(33,10)55(28,11)21-34(56)61)74-50-42(76-49-38(64)37(63)36(62)30(22-58)73-49)40(39(65)41(75-50)46(67)68)79-57(71)25-72-31(23-59)43(57)66/h12-14,29-45,49-50,58-66,71H,15-25H2,1-11H3,(H,67,68). The van der Waals surface area contributed by atoms with Gasteiger partial charge >= 0.3 is 17.9 Å². The highest BCUT2D eigenvalue weighted by Gasteiger charge is 2.74. The maximum atomic E-state index is 13.8. The molecule has 8 rings (SSSR count). The van der Waals surface area contributed by atoms with Crippen LogP contribution in [0.25, 0.3) is 0 Å². The van der Waals surface area contributed by atoms with Crippen LogP contribution in [-0.2, 0) is 52.3 Å². The van der Waals surface area contributed by atoms with Gasteiger partial charge in [-0.3, -0.25) is 0 Å². The van der Waals surface area contributed by atoms with Gasteiger partial charge in [0.05, 0.1) is 37.4 Å². The number of hydrogen-bond donors (Lipinski definition) is 11. The van der Waals surface area contributed by atoms with Crippen LogP contribution in [0.15, 0.2) is 34.9 Å². The maximum Gasteiger partial charge on any atom is 0.335 e. The van der Waals surface area contributed by atoms with Gasteiger partial charge in [-0.25, -0.2) is 14.4 Å². The van der Waals surface area contributed by atoms with Gasteiger partial charge in [0, 0.05) is 16.6 Å². The van der Waals surface area contributed by atoms with Crippen molar-refractivity contribution in [2.75, 3.05) is 26.4 Å². The summed E-state index contributed by atoms with van der Waals surface area (Å²) in [6.45, 7) is 18.6. The zero-order valence-corrected chi connectivity index (χ0v) is 47.4. The molecular formula is C57H88O22. The molecule has 0 bridgehead atoms. The van der Waals surface area contributed by atoms with Crippen molar-refractivity contribution in [1.82, 2.24) is 0 Å². The van der Waals surface area contributed by atoms with Crippen molar-refractivity contribution in [3.8, 4) is 0 Å². The largest absolute Gasteiger partial charge is 0.479 e. The molecule has 11 N–H and O–H groups in total. The zero-order chi connectivity index (χ0) is 58.5. The van der Waals surface area contributed by atoms with Crippen molar-refractivity contribution in [3.05, 3.63) is 34.9 Å². The second-order valence-corrected chi connectivity index (χ2v) is 26.1. The average molecular weight is 1130 g/mol. The number of allylic oxidation sites excluding steroid dienone is 4. The zero-order valence-electron chi connectivity index (χ0n) is 47.4. The molecule has 24 atom stereocenters. The quantitative estimate of drug-likeness (QED) is 0.0384. The molecule has 0 radical (unpaired) electrons. The summed E-state index contributed by atoms with van der Waals surface area (Å²) in [6, 6.07) is 0. The lowest BCUT2D eigenvalue weighted by molar-refractivity contribution is -0.396. The molecule has 22 nitrogen and oxygen atoms in total. The van der Waals surface area contributed by atoms with Crippen LogP contribution in [0.2, 0.25) is 0 Å². The van der Waals surface area contributed by atoms with E-state index in [1.165, 1.54) is 0 Å². The molecule has 0 spiro atoms. The van der Waals surface area contributed by atoms with Gasteiger partial charge in [0.1, 0.15) is 67.6 Å². The highest BCUT2D eigenvalue weighted by Crippen LogP contribution is 2.76. The van der Waals surface area contributed by atoms with Crippen LogP contribution in [0.4, 0.5) is 0 Å². The van der Waals surface area contributed by atoms with E-state index in [4.69, 9.17) is 37.9 Å². The van der Waals surface area contributed by atoms with E-state index < -0.39 is 187 Å². The molecule has 5 aliphatic carbocycles. The summed E-state index contributed by atoms with van der Waals surface area (Å²) in [6.07, 6.45) is -17.4. The number of esters is 2. The highest BCUT2D eigenvalue weighted by atomic mass is 16.8. The first-order chi connectivity index (χ1) is 36.8. The van der Waals surface area contributed by atoms with Crippen LogP contribution in [0.5, 0.6) is 0 Å². The molecule has 79 heavy (non-hydrogen) atoms. The summed E-state index contributed by atoms with van der Waals surface area (Å²) in [7, 11) is 0. The molecular weight excluding hydrogens is 1040 g/mol. The van der Waals surface area contributed by atoms with Crippen LogP contribution >= 0.6 is 0 Å². The molecule has 0 aromatic heterocycles. The number of hydrogen-bond acceptors (Lipinski definition) is 21. The van der Waals surface area contributed by atoms with E-state index in [1.807, 2.05) is 27.7 Å². The normalized spacial score (nSPS) is 48.6. The van der Waals surface area contributed by atoms with Gasteiger partial charge in [0.25, 0.3) is 0 Å². The number of rotatable bonds is 14.